The minimum Gasteiger partial charge on any atom is -0.135 e. The predicted molar refractivity (Wildman–Crippen MR) is 132 cm³/mol. The molecular weight excluding hydrogens is 388 g/mol. The topological polar surface area (TPSA) is 0 Å². The lowest BCUT2D eigenvalue weighted by Crippen LogP contribution is -1.83. The van der Waals surface area contributed by atoms with Crippen LogP contribution < -0.4 is 0 Å². The zero-order valence-electron chi connectivity index (χ0n) is 16.7. The van der Waals surface area contributed by atoms with Gasteiger partial charge in [-0.15, -0.1) is 22.7 Å². The molecule has 0 atom stereocenters. The minimum absolute atomic E-state index is 1.31. The normalized spacial score (nSPS) is 12.0. The Labute approximate surface area is 178 Å². The smallest absolute Gasteiger partial charge is 0.0384 e. The van der Waals surface area contributed by atoms with Crippen LogP contribution in [0.1, 0.15) is 16.7 Å². The van der Waals surface area contributed by atoms with E-state index >= 15 is 0 Å². The summed E-state index contributed by atoms with van der Waals surface area (Å²) in [5, 5.41) is 5.52. The van der Waals surface area contributed by atoms with Crippen molar-refractivity contribution in [1.82, 2.24) is 0 Å². The van der Waals surface area contributed by atoms with E-state index in [0.29, 0.717) is 0 Å². The Kier molecular flexibility index (Phi) is 3.65. The van der Waals surface area contributed by atoms with Gasteiger partial charge >= 0.3 is 0 Å². The highest BCUT2D eigenvalue weighted by Crippen LogP contribution is 2.41. The average molecular weight is 409 g/mol. The molecule has 6 aromatic rings. The maximum Gasteiger partial charge on any atom is 0.0384 e. The maximum absolute atomic E-state index is 2.39. The molecule has 0 fully saturated rings. The van der Waals surface area contributed by atoms with Crippen molar-refractivity contribution in [2.45, 2.75) is 20.8 Å². The van der Waals surface area contributed by atoms with Crippen LogP contribution in [0.25, 0.3) is 51.5 Å². The second-order valence-corrected chi connectivity index (χ2v) is 10.2. The summed E-state index contributed by atoms with van der Waals surface area (Å²) in [6, 6.07) is 25.2. The molecule has 2 heterocycles. The van der Waals surface area contributed by atoms with Crippen LogP contribution in [-0.2, 0) is 0 Å². The number of benzene rings is 4. The fourth-order valence-corrected chi connectivity index (χ4v) is 6.72. The fraction of sp³-hybridized carbons (Fsp3) is 0.111. The van der Waals surface area contributed by atoms with Crippen LogP contribution in [0.5, 0.6) is 0 Å². The van der Waals surface area contributed by atoms with Gasteiger partial charge in [0.25, 0.3) is 0 Å². The third-order valence-corrected chi connectivity index (χ3v) is 8.43. The number of thiophene rings is 2. The molecule has 0 saturated heterocycles. The fourth-order valence-electron chi connectivity index (χ4n) is 4.46. The van der Waals surface area contributed by atoms with Crippen LogP contribution in [0, 0.1) is 20.8 Å². The molecule has 0 bridgehead atoms. The van der Waals surface area contributed by atoms with Crippen molar-refractivity contribution in [3.8, 4) is 11.1 Å². The highest BCUT2D eigenvalue weighted by molar-refractivity contribution is 7.26. The molecule has 0 radical (unpaired) electrons. The molecule has 0 amide bonds. The molecule has 4 aromatic carbocycles. The monoisotopic (exact) mass is 408 g/mol. The number of hydrogen-bond acceptors (Lipinski definition) is 2. The van der Waals surface area contributed by atoms with E-state index in [0.717, 1.165) is 0 Å². The molecule has 0 unspecified atom stereocenters. The van der Waals surface area contributed by atoms with Gasteiger partial charge in [0, 0.05) is 40.3 Å². The zero-order chi connectivity index (χ0) is 19.7. The number of fused-ring (bicyclic) bond motifs is 6. The Hall–Kier alpha value is -2.68. The predicted octanol–water partition coefficient (Wildman–Crippen LogP) is 9.01. The van der Waals surface area contributed by atoms with E-state index in [1.54, 1.807) is 0 Å². The lowest BCUT2D eigenvalue weighted by atomic mass is 9.96. The first-order valence-corrected chi connectivity index (χ1v) is 11.6. The molecule has 0 nitrogen and oxygen atoms in total. The summed E-state index contributed by atoms with van der Waals surface area (Å²) in [5.41, 5.74) is 6.68. The molecule has 2 aromatic heterocycles. The highest BCUT2D eigenvalue weighted by Gasteiger charge is 2.12. The highest BCUT2D eigenvalue weighted by atomic mass is 32.1. The van der Waals surface area contributed by atoms with E-state index in [-0.39, 0.29) is 0 Å². The van der Waals surface area contributed by atoms with Crippen molar-refractivity contribution >= 4 is 63.0 Å². The van der Waals surface area contributed by atoms with E-state index in [1.807, 2.05) is 22.7 Å². The van der Waals surface area contributed by atoms with Crippen molar-refractivity contribution in [2.75, 3.05) is 0 Å². The largest absolute Gasteiger partial charge is 0.135 e. The molecule has 0 spiro atoms. The second kappa shape index (κ2) is 6.16. The first-order chi connectivity index (χ1) is 14.1. The lowest BCUT2D eigenvalue weighted by Gasteiger charge is -2.08. The standard InChI is InChI=1S/C27H20S2/c1-15-7-9-24-21(11-15)22-12-17(3)20(14-26(22)28-24)18-8-10-25-23(13-18)19-6-4-5-16(2)27(19)29-25/h4-14H,1-3H3. The summed E-state index contributed by atoms with van der Waals surface area (Å²) in [6.45, 7) is 6.63. The van der Waals surface area contributed by atoms with Crippen molar-refractivity contribution < 1.29 is 0 Å². The van der Waals surface area contributed by atoms with E-state index in [1.165, 1.54) is 68.2 Å². The maximum atomic E-state index is 2.39. The van der Waals surface area contributed by atoms with E-state index < -0.39 is 0 Å². The number of aryl methyl sites for hydroxylation is 3. The average Bonchev–Trinajstić information content (AvgIpc) is 3.26. The Morgan fingerprint density at radius 1 is 0.552 bits per heavy atom. The Balaban J connectivity index is 1.61. The molecule has 0 aliphatic carbocycles. The Morgan fingerprint density at radius 3 is 2.21 bits per heavy atom. The van der Waals surface area contributed by atoms with Crippen LogP contribution in [-0.4, -0.2) is 0 Å². The zero-order valence-corrected chi connectivity index (χ0v) is 18.3. The summed E-state index contributed by atoms with van der Waals surface area (Å²) in [4.78, 5) is 0. The van der Waals surface area contributed by atoms with Gasteiger partial charge in [-0.1, -0.05) is 35.9 Å². The molecule has 0 aliphatic heterocycles. The van der Waals surface area contributed by atoms with E-state index in [2.05, 4.69) is 87.5 Å². The molecule has 0 N–H and O–H groups in total. The third kappa shape index (κ3) is 2.56. The molecule has 29 heavy (non-hydrogen) atoms. The Bertz CT molecular complexity index is 1580. The van der Waals surface area contributed by atoms with Crippen LogP contribution in [0.2, 0.25) is 0 Å². The minimum atomic E-state index is 1.31. The molecule has 6 rings (SSSR count). The van der Waals surface area contributed by atoms with Crippen LogP contribution >= 0.6 is 22.7 Å². The molecule has 0 aliphatic rings. The van der Waals surface area contributed by atoms with Crippen molar-refractivity contribution in [3.63, 3.8) is 0 Å². The summed E-state index contributed by atoms with van der Waals surface area (Å²) in [7, 11) is 0. The van der Waals surface area contributed by atoms with Crippen molar-refractivity contribution in [1.29, 1.82) is 0 Å². The summed E-state index contributed by atoms with van der Waals surface area (Å²) in [6.07, 6.45) is 0. The van der Waals surface area contributed by atoms with Crippen LogP contribution in [0.15, 0.2) is 66.7 Å². The first-order valence-electron chi connectivity index (χ1n) is 9.94. The molecule has 0 saturated carbocycles. The van der Waals surface area contributed by atoms with Gasteiger partial charge in [0.05, 0.1) is 0 Å². The van der Waals surface area contributed by atoms with Gasteiger partial charge in [-0.25, -0.2) is 0 Å². The molecular formula is C27H20S2. The quantitative estimate of drug-likeness (QED) is 0.254. The van der Waals surface area contributed by atoms with Crippen LogP contribution in [0.3, 0.4) is 0 Å². The van der Waals surface area contributed by atoms with Crippen molar-refractivity contribution in [2.24, 2.45) is 0 Å². The van der Waals surface area contributed by atoms with Gasteiger partial charge in [0.15, 0.2) is 0 Å². The van der Waals surface area contributed by atoms with Crippen molar-refractivity contribution in [3.05, 3.63) is 83.4 Å². The summed E-state index contributed by atoms with van der Waals surface area (Å²) >= 11 is 3.81. The Morgan fingerprint density at radius 2 is 1.31 bits per heavy atom. The third-order valence-electron chi connectivity index (χ3n) is 5.98. The number of hydrogen-bond donors (Lipinski definition) is 0. The van der Waals surface area contributed by atoms with Gasteiger partial charge in [0.2, 0.25) is 0 Å². The van der Waals surface area contributed by atoms with Gasteiger partial charge < -0.3 is 0 Å². The van der Waals surface area contributed by atoms with Gasteiger partial charge in [-0.3, -0.25) is 0 Å². The van der Waals surface area contributed by atoms with E-state index in [9.17, 15) is 0 Å². The second-order valence-electron chi connectivity index (χ2n) is 8.03. The number of rotatable bonds is 1. The van der Waals surface area contributed by atoms with Gasteiger partial charge in [0.1, 0.15) is 0 Å². The molecule has 140 valence electrons. The SMILES string of the molecule is Cc1ccc2sc3cc(-c4ccc5sc6c(C)cccc6c5c4)c(C)cc3c2c1. The van der Waals surface area contributed by atoms with Crippen LogP contribution in [0.4, 0.5) is 0 Å². The first kappa shape index (κ1) is 17.2. The van der Waals surface area contributed by atoms with Gasteiger partial charge in [-0.2, -0.15) is 0 Å². The summed E-state index contributed by atoms with van der Waals surface area (Å²) < 4.78 is 5.52. The summed E-state index contributed by atoms with van der Waals surface area (Å²) in [5.74, 6) is 0. The lowest BCUT2D eigenvalue weighted by molar-refractivity contribution is 1.50. The van der Waals surface area contributed by atoms with E-state index in [4.69, 9.17) is 0 Å². The van der Waals surface area contributed by atoms with Gasteiger partial charge in [-0.05, 0) is 79.4 Å². The molecule has 2 heteroatoms.